The summed E-state index contributed by atoms with van der Waals surface area (Å²) >= 11 is 6.18. The molecule has 0 spiro atoms. The Morgan fingerprint density at radius 3 is 2.29 bits per heavy atom. The molecule has 1 aromatic heterocycles. The van der Waals surface area contributed by atoms with E-state index in [1.165, 1.54) is 24.4 Å². The summed E-state index contributed by atoms with van der Waals surface area (Å²) in [4.78, 5) is 20.6. The maximum absolute atomic E-state index is 13.2. The first-order valence-corrected chi connectivity index (χ1v) is 11.3. The minimum atomic E-state index is -4.13. The van der Waals surface area contributed by atoms with Gasteiger partial charge in [-0.2, -0.15) is 9.71 Å². The number of nitrogens with zero attached hydrogens (tertiary/aromatic N) is 2. The van der Waals surface area contributed by atoms with Gasteiger partial charge in [-0.15, -0.1) is 0 Å². The molecule has 0 saturated heterocycles. The number of fused-ring (bicyclic) bond motifs is 1. The number of nitrogens with two attached hydrogens (primary N) is 2. The number of hydrogen-bond donors (Lipinski definition) is 3. The van der Waals surface area contributed by atoms with Gasteiger partial charge in [0, 0.05) is 17.0 Å². The van der Waals surface area contributed by atoms with Crippen molar-refractivity contribution < 1.29 is 17.9 Å². The van der Waals surface area contributed by atoms with Crippen LogP contribution in [0.1, 0.15) is 41.5 Å². The summed E-state index contributed by atoms with van der Waals surface area (Å²) in [6.45, 7) is 10.4. The van der Waals surface area contributed by atoms with Crippen LogP contribution in [0.3, 0.4) is 0 Å². The lowest BCUT2D eigenvalue weighted by Crippen LogP contribution is -2.51. The summed E-state index contributed by atoms with van der Waals surface area (Å²) in [6.07, 6.45) is 1.37. The Morgan fingerprint density at radius 1 is 1.16 bits per heavy atom. The lowest BCUT2D eigenvalue weighted by atomic mass is 9.87. The normalized spacial score (nSPS) is 13.6. The number of nitrogens with one attached hydrogen (secondary N) is 1. The predicted molar refractivity (Wildman–Crippen MR) is 122 cm³/mol. The Kier molecular flexibility index (Phi) is 6.89. The Hall–Kier alpha value is -2.43. The van der Waals surface area contributed by atoms with Crippen molar-refractivity contribution in [1.29, 1.82) is 0 Å². The van der Waals surface area contributed by atoms with Gasteiger partial charge in [-0.3, -0.25) is 4.79 Å². The van der Waals surface area contributed by atoms with Crippen LogP contribution in [0.4, 0.5) is 5.82 Å². The van der Waals surface area contributed by atoms with Gasteiger partial charge < -0.3 is 16.2 Å². The van der Waals surface area contributed by atoms with Crippen LogP contribution in [0.25, 0.3) is 10.8 Å². The van der Waals surface area contributed by atoms with Gasteiger partial charge in [0.25, 0.3) is 0 Å². The van der Waals surface area contributed by atoms with E-state index in [4.69, 9.17) is 27.8 Å². The zero-order chi connectivity index (χ0) is 23.8. The molecule has 1 atom stereocenters. The second kappa shape index (κ2) is 8.60. The molecule has 0 unspecified atom stereocenters. The first kappa shape index (κ1) is 24.8. The molecule has 0 amide bonds. The molecule has 0 fully saturated rings. The van der Waals surface area contributed by atoms with Crippen molar-refractivity contribution in [3.8, 4) is 0 Å². The van der Waals surface area contributed by atoms with Crippen LogP contribution in [-0.4, -0.2) is 37.0 Å². The summed E-state index contributed by atoms with van der Waals surface area (Å²) in [5.74, 6) is -0.786. The van der Waals surface area contributed by atoms with Crippen LogP contribution in [0.5, 0.6) is 0 Å². The highest BCUT2D eigenvalue weighted by molar-refractivity contribution is 7.89. The summed E-state index contributed by atoms with van der Waals surface area (Å²) in [7, 11) is -4.13. The zero-order valence-electron chi connectivity index (χ0n) is 18.4. The van der Waals surface area contributed by atoms with Gasteiger partial charge in [0.1, 0.15) is 11.6 Å². The number of rotatable bonds is 5. The molecule has 9 nitrogen and oxygen atoms in total. The smallest absolute Gasteiger partial charge is 0.325 e. The number of pyridine rings is 1. The Bertz CT molecular complexity index is 1130. The number of guanidine groups is 1. The molecule has 2 aromatic rings. The largest absolute Gasteiger partial charge is 0.459 e. The van der Waals surface area contributed by atoms with E-state index in [0.29, 0.717) is 15.8 Å². The number of ether oxygens (including phenoxy) is 1. The van der Waals surface area contributed by atoms with Crippen LogP contribution in [0.15, 0.2) is 34.3 Å². The molecular weight excluding hydrogens is 442 g/mol. The number of aromatic nitrogens is 1. The number of aliphatic imine (C=N–C) groups is 1. The molecule has 1 heterocycles. The minimum absolute atomic E-state index is 0.103. The van der Waals surface area contributed by atoms with Crippen molar-refractivity contribution in [3.05, 3.63) is 29.4 Å². The van der Waals surface area contributed by atoms with Gasteiger partial charge in [-0.1, -0.05) is 38.4 Å². The number of esters is 1. The van der Waals surface area contributed by atoms with Gasteiger partial charge in [0.15, 0.2) is 11.8 Å². The van der Waals surface area contributed by atoms with E-state index in [9.17, 15) is 13.2 Å². The molecule has 2 rings (SSSR count). The fourth-order valence-corrected chi connectivity index (χ4v) is 4.34. The molecule has 0 saturated carbocycles. The lowest BCUT2D eigenvalue weighted by Gasteiger charge is -2.32. The molecule has 0 aliphatic heterocycles. The molecule has 5 N–H and O–H groups in total. The van der Waals surface area contributed by atoms with Crippen LogP contribution >= 0.6 is 11.6 Å². The quantitative estimate of drug-likeness (QED) is 0.346. The lowest BCUT2D eigenvalue weighted by molar-refractivity contribution is -0.159. The molecule has 1 aromatic carbocycles. The highest BCUT2D eigenvalue weighted by Gasteiger charge is 2.38. The van der Waals surface area contributed by atoms with Crippen LogP contribution < -0.4 is 16.2 Å². The minimum Gasteiger partial charge on any atom is -0.459 e. The fourth-order valence-electron chi connectivity index (χ4n) is 2.71. The average Bonchev–Trinajstić information content (AvgIpc) is 2.59. The molecule has 0 aliphatic rings. The third kappa shape index (κ3) is 6.28. The Balaban J connectivity index is 2.55. The molecular formula is C20H28ClN5O4S. The van der Waals surface area contributed by atoms with E-state index in [2.05, 4.69) is 14.7 Å². The van der Waals surface area contributed by atoms with E-state index in [1.54, 1.807) is 41.5 Å². The summed E-state index contributed by atoms with van der Waals surface area (Å²) in [5, 5.41) is 1.17. The van der Waals surface area contributed by atoms with Crippen molar-refractivity contribution in [3.63, 3.8) is 0 Å². The van der Waals surface area contributed by atoms with E-state index in [-0.39, 0.29) is 16.7 Å². The van der Waals surface area contributed by atoms with Crippen molar-refractivity contribution in [2.45, 2.75) is 58.1 Å². The second-order valence-electron chi connectivity index (χ2n) is 9.13. The molecule has 11 heteroatoms. The van der Waals surface area contributed by atoms with E-state index >= 15 is 0 Å². The standard InChI is InChI=1S/C20H28ClN5O4S/c1-19(2,3)15(17(27)30-20(4,5)6)26-31(28,29)11-7-8-12-13(9-11)16(25-18(22)23)24-10-14(12)21/h7-10,15,26H,1-6H3,(H4,22,23,24,25)/t15-/m0/s1. The van der Waals surface area contributed by atoms with Crippen molar-refractivity contribution in [2.24, 2.45) is 21.9 Å². The monoisotopic (exact) mass is 469 g/mol. The van der Waals surface area contributed by atoms with Gasteiger partial charge in [-0.25, -0.2) is 13.4 Å². The van der Waals surface area contributed by atoms with Gasteiger partial charge in [0.2, 0.25) is 10.0 Å². The maximum atomic E-state index is 13.2. The topological polar surface area (TPSA) is 150 Å². The first-order valence-electron chi connectivity index (χ1n) is 9.44. The van der Waals surface area contributed by atoms with Crippen molar-refractivity contribution >= 4 is 50.1 Å². The average molecular weight is 470 g/mol. The SMILES string of the molecule is CC(C)(C)OC(=O)[C@H](NS(=O)(=O)c1ccc2c(Cl)cnc(N=C(N)N)c2c1)C(C)(C)C. The van der Waals surface area contributed by atoms with Crippen LogP contribution in [-0.2, 0) is 19.6 Å². The number of hydrogen-bond acceptors (Lipinski definition) is 6. The Morgan fingerprint density at radius 2 is 1.77 bits per heavy atom. The van der Waals surface area contributed by atoms with Crippen molar-refractivity contribution in [1.82, 2.24) is 9.71 Å². The third-order valence-corrected chi connectivity index (χ3v) is 5.84. The van der Waals surface area contributed by atoms with E-state index in [1.807, 2.05) is 0 Å². The zero-order valence-corrected chi connectivity index (χ0v) is 19.9. The highest BCUT2D eigenvalue weighted by atomic mass is 35.5. The number of carbonyl (C=O) groups is 1. The summed E-state index contributed by atoms with van der Waals surface area (Å²) in [5.41, 5.74) is 9.37. The number of carbonyl (C=O) groups excluding carboxylic acids is 1. The summed E-state index contributed by atoms with van der Waals surface area (Å²) in [6, 6.07) is 3.14. The van der Waals surface area contributed by atoms with Crippen molar-refractivity contribution in [2.75, 3.05) is 0 Å². The molecule has 170 valence electrons. The molecule has 31 heavy (non-hydrogen) atoms. The van der Waals surface area contributed by atoms with Gasteiger partial charge in [0.05, 0.1) is 9.92 Å². The van der Waals surface area contributed by atoms with Crippen LogP contribution in [0.2, 0.25) is 5.02 Å². The number of halogens is 1. The Labute approximate surface area is 187 Å². The van der Waals surface area contributed by atoms with Crippen LogP contribution in [0, 0.1) is 5.41 Å². The molecule has 0 aliphatic carbocycles. The molecule has 0 bridgehead atoms. The van der Waals surface area contributed by atoms with Gasteiger partial charge >= 0.3 is 5.97 Å². The summed E-state index contributed by atoms with van der Waals surface area (Å²) < 4.78 is 34.2. The number of sulfonamides is 1. The second-order valence-corrected chi connectivity index (χ2v) is 11.2. The highest BCUT2D eigenvalue weighted by Crippen LogP contribution is 2.32. The third-order valence-electron chi connectivity index (χ3n) is 4.12. The predicted octanol–water partition coefficient (Wildman–Crippen LogP) is 2.83. The number of benzene rings is 1. The first-order chi connectivity index (χ1) is 14.0. The maximum Gasteiger partial charge on any atom is 0.325 e. The van der Waals surface area contributed by atoms with E-state index < -0.39 is 33.1 Å². The van der Waals surface area contributed by atoms with Gasteiger partial charge in [-0.05, 0) is 38.3 Å². The van der Waals surface area contributed by atoms with E-state index in [0.717, 1.165) is 0 Å². The molecule has 0 radical (unpaired) electrons. The fraction of sp³-hybridized carbons (Fsp3) is 0.450.